The molecule has 5 nitrogen and oxygen atoms in total. The van der Waals surface area contributed by atoms with E-state index in [0.29, 0.717) is 11.6 Å². The molecule has 0 spiro atoms. The SMILES string of the molecule is N#Cc1cccc(CNC2CCC(n3ncccc3=O)CC2)c1. The Morgan fingerprint density at radius 1 is 1.22 bits per heavy atom. The molecular weight excluding hydrogens is 288 g/mol. The summed E-state index contributed by atoms with van der Waals surface area (Å²) in [5, 5.41) is 16.7. The second-order valence-corrected chi connectivity index (χ2v) is 6.00. The standard InChI is InChI=1S/C18H20N4O/c19-12-14-3-1-4-15(11-14)13-20-16-6-8-17(9-7-16)22-18(23)5-2-10-21-22/h1-5,10-11,16-17,20H,6-9,13H2. The molecule has 0 radical (unpaired) electrons. The first kappa shape index (κ1) is 15.4. The molecule has 1 heterocycles. The van der Waals surface area contributed by atoms with Crippen LogP contribution in [0.3, 0.4) is 0 Å². The molecule has 0 atom stereocenters. The van der Waals surface area contributed by atoms with Crippen LogP contribution < -0.4 is 10.9 Å². The largest absolute Gasteiger partial charge is 0.310 e. The van der Waals surface area contributed by atoms with E-state index in [9.17, 15) is 4.79 Å². The molecule has 1 saturated carbocycles. The molecule has 1 N–H and O–H groups in total. The van der Waals surface area contributed by atoms with Crippen LogP contribution in [-0.4, -0.2) is 15.8 Å². The van der Waals surface area contributed by atoms with E-state index in [-0.39, 0.29) is 11.6 Å². The molecule has 5 heteroatoms. The Kier molecular flexibility index (Phi) is 4.84. The predicted molar refractivity (Wildman–Crippen MR) is 87.8 cm³/mol. The summed E-state index contributed by atoms with van der Waals surface area (Å²) in [6.45, 7) is 0.772. The van der Waals surface area contributed by atoms with Crippen LogP contribution in [0.5, 0.6) is 0 Å². The van der Waals surface area contributed by atoms with E-state index < -0.39 is 0 Å². The summed E-state index contributed by atoms with van der Waals surface area (Å²) in [6.07, 6.45) is 5.67. The lowest BCUT2D eigenvalue weighted by Crippen LogP contribution is -2.36. The molecular formula is C18H20N4O. The molecule has 1 aromatic heterocycles. The number of nitriles is 1. The molecule has 23 heavy (non-hydrogen) atoms. The van der Waals surface area contributed by atoms with Crippen molar-refractivity contribution in [3.63, 3.8) is 0 Å². The molecule has 1 fully saturated rings. The molecule has 1 aromatic carbocycles. The van der Waals surface area contributed by atoms with Crippen molar-refractivity contribution < 1.29 is 0 Å². The molecule has 0 unspecified atom stereocenters. The molecule has 0 saturated heterocycles. The average Bonchev–Trinajstić information content (AvgIpc) is 2.61. The minimum Gasteiger partial charge on any atom is -0.310 e. The van der Waals surface area contributed by atoms with Crippen molar-refractivity contribution in [1.29, 1.82) is 5.26 Å². The van der Waals surface area contributed by atoms with Crippen LogP contribution in [0, 0.1) is 11.3 Å². The highest BCUT2D eigenvalue weighted by atomic mass is 16.1. The fraction of sp³-hybridized carbons (Fsp3) is 0.389. The van der Waals surface area contributed by atoms with Crippen LogP contribution in [0.1, 0.15) is 42.9 Å². The van der Waals surface area contributed by atoms with Gasteiger partial charge in [0.15, 0.2) is 0 Å². The fourth-order valence-electron chi connectivity index (χ4n) is 3.18. The van der Waals surface area contributed by atoms with E-state index in [1.165, 1.54) is 0 Å². The number of rotatable bonds is 4. The van der Waals surface area contributed by atoms with Crippen LogP contribution in [-0.2, 0) is 6.54 Å². The van der Waals surface area contributed by atoms with Gasteiger partial charge in [-0.2, -0.15) is 10.4 Å². The lowest BCUT2D eigenvalue weighted by molar-refractivity contribution is 0.268. The Labute approximate surface area is 135 Å². The van der Waals surface area contributed by atoms with E-state index in [0.717, 1.165) is 37.8 Å². The van der Waals surface area contributed by atoms with Crippen molar-refractivity contribution in [2.45, 2.75) is 44.3 Å². The highest BCUT2D eigenvalue weighted by Gasteiger charge is 2.23. The molecule has 3 rings (SSSR count). The van der Waals surface area contributed by atoms with Gasteiger partial charge in [-0.1, -0.05) is 12.1 Å². The van der Waals surface area contributed by atoms with E-state index >= 15 is 0 Å². The number of nitrogens with one attached hydrogen (secondary N) is 1. The normalized spacial score (nSPS) is 20.8. The number of nitrogens with zero attached hydrogens (tertiary/aromatic N) is 3. The molecule has 0 aliphatic heterocycles. The summed E-state index contributed by atoms with van der Waals surface area (Å²) in [7, 11) is 0. The molecule has 0 bridgehead atoms. The van der Waals surface area contributed by atoms with Crippen molar-refractivity contribution in [2.75, 3.05) is 0 Å². The van der Waals surface area contributed by atoms with Crippen LogP contribution in [0.15, 0.2) is 47.4 Å². The zero-order valence-electron chi connectivity index (χ0n) is 13.0. The molecule has 118 valence electrons. The average molecular weight is 308 g/mol. The smallest absolute Gasteiger partial charge is 0.266 e. The topological polar surface area (TPSA) is 70.7 Å². The van der Waals surface area contributed by atoms with Crippen molar-refractivity contribution in [3.8, 4) is 6.07 Å². The third-order valence-corrected chi connectivity index (χ3v) is 4.44. The monoisotopic (exact) mass is 308 g/mol. The lowest BCUT2D eigenvalue weighted by atomic mass is 9.91. The minimum atomic E-state index is -0.0165. The first-order valence-electron chi connectivity index (χ1n) is 8.02. The number of benzene rings is 1. The first-order chi connectivity index (χ1) is 11.3. The Bertz CT molecular complexity index is 754. The van der Waals surface area contributed by atoms with E-state index in [1.807, 2.05) is 24.3 Å². The zero-order chi connectivity index (χ0) is 16.1. The van der Waals surface area contributed by atoms with Gasteiger partial charge in [0, 0.05) is 24.8 Å². The fourth-order valence-corrected chi connectivity index (χ4v) is 3.18. The molecule has 1 aliphatic carbocycles. The second kappa shape index (κ2) is 7.21. The zero-order valence-corrected chi connectivity index (χ0v) is 13.0. The van der Waals surface area contributed by atoms with Crippen molar-refractivity contribution in [3.05, 3.63) is 64.1 Å². The van der Waals surface area contributed by atoms with Crippen LogP contribution >= 0.6 is 0 Å². The minimum absolute atomic E-state index is 0.0165. The maximum Gasteiger partial charge on any atom is 0.266 e. The lowest BCUT2D eigenvalue weighted by Gasteiger charge is -2.29. The molecule has 2 aromatic rings. The van der Waals surface area contributed by atoms with Gasteiger partial charge in [-0.25, -0.2) is 4.68 Å². The Morgan fingerprint density at radius 3 is 2.78 bits per heavy atom. The van der Waals surface area contributed by atoms with Crippen LogP contribution in [0.4, 0.5) is 0 Å². The van der Waals surface area contributed by atoms with Gasteiger partial charge < -0.3 is 5.32 Å². The predicted octanol–water partition coefficient (Wildman–Crippen LogP) is 2.39. The first-order valence-corrected chi connectivity index (χ1v) is 8.02. The van der Waals surface area contributed by atoms with Crippen LogP contribution in [0.2, 0.25) is 0 Å². The van der Waals surface area contributed by atoms with Gasteiger partial charge in [0.2, 0.25) is 0 Å². The molecule has 1 aliphatic rings. The van der Waals surface area contributed by atoms with Gasteiger partial charge >= 0.3 is 0 Å². The third-order valence-electron chi connectivity index (χ3n) is 4.44. The van der Waals surface area contributed by atoms with E-state index in [1.54, 1.807) is 23.0 Å². The van der Waals surface area contributed by atoms with Gasteiger partial charge in [-0.05, 0) is 49.4 Å². The van der Waals surface area contributed by atoms with Gasteiger partial charge in [0.05, 0.1) is 17.7 Å². The molecule has 0 amide bonds. The highest BCUT2D eigenvalue weighted by Crippen LogP contribution is 2.26. The number of hydrogen-bond donors (Lipinski definition) is 1. The van der Waals surface area contributed by atoms with Gasteiger partial charge in [0.1, 0.15) is 0 Å². The van der Waals surface area contributed by atoms with E-state index in [4.69, 9.17) is 5.26 Å². The summed E-state index contributed by atoms with van der Waals surface area (Å²) >= 11 is 0. The highest BCUT2D eigenvalue weighted by molar-refractivity contribution is 5.32. The third kappa shape index (κ3) is 3.85. The number of hydrogen-bond acceptors (Lipinski definition) is 4. The van der Waals surface area contributed by atoms with Gasteiger partial charge in [-0.15, -0.1) is 0 Å². The summed E-state index contributed by atoms with van der Waals surface area (Å²) in [4.78, 5) is 11.8. The van der Waals surface area contributed by atoms with Crippen molar-refractivity contribution in [2.24, 2.45) is 0 Å². The quantitative estimate of drug-likeness (QED) is 0.941. The Morgan fingerprint density at radius 2 is 2.04 bits per heavy atom. The van der Waals surface area contributed by atoms with Crippen LogP contribution in [0.25, 0.3) is 0 Å². The second-order valence-electron chi connectivity index (χ2n) is 6.00. The maximum atomic E-state index is 11.8. The Balaban J connectivity index is 1.52. The summed E-state index contributed by atoms with van der Waals surface area (Å²) < 4.78 is 1.62. The summed E-state index contributed by atoms with van der Waals surface area (Å²) in [5.41, 5.74) is 1.81. The maximum absolute atomic E-state index is 11.8. The Hall–Kier alpha value is -2.45. The van der Waals surface area contributed by atoms with Crippen molar-refractivity contribution in [1.82, 2.24) is 15.1 Å². The van der Waals surface area contributed by atoms with Gasteiger partial charge in [-0.3, -0.25) is 4.79 Å². The summed E-state index contributed by atoms with van der Waals surface area (Å²) in [5.74, 6) is 0. The van der Waals surface area contributed by atoms with Crippen molar-refractivity contribution >= 4 is 0 Å². The van der Waals surface area contributed by atoms with Gasteiger partial charge in [0.25, 0.3) is 5.56 Å². The summed E-state index contributed by atoms with van der Waals surface area (Å²) in [6, 6.07) is 13.8. The van der Waals surface area contributed by atoms with E-state index in [2.05, 4.69) is 16.5 Å². The number of aromatic nitrogens is 2.